The van der Waals surface area contributed by atoms with Crippen LogP contribution in [0.3, 0.4) is 0 Å². The molecule has 3 N–H and O–H groups in total. The first kappa shape index (κ1) is 13.8. The van der Waals surface area contributed by atoms with E-state index in [4.69, 9.17) is 9.84 Å². The van der Waals surface area contributed by atoms with Crippen LogP contribution in [0.1, 0.15) is 6.23 Å². The molecule has 1 saturated heterocycles. The Morgan fingerprint density at radius 2 is 2.25 bits per heavy atom. The maximum Gasteiger partial charge on any atom is 0.263 e. The molecule has 0 amide bonds. The molecule has 1 aliphatic heterocycles. The number of aliphatic hydroxyl groups is 3. The molecule has 7 nitrogen and oxygen atoms in total. The molecule has 4 atom stereocenters. The van der Waals surface area contributed by atoms with E-state index in [9.17, 15) is 14.6 Å². The van der Waals surface area contributed by atoms with Gasteiger partial charge in [0.15, 0.2) is 6.23 Å². The lowest BCUT2D eigenvalue weighted by Gasteiger charge is -2.19. The van der Waals surface area contributed by atoms with Crippen molar-refractivity contribution in [2.45, 2.75) is 24.3 Å². The van der Waals surface area contributed by atoms with Crippen LogP contribution in [0.15, 0.2) is 23.2 Å². The van der Waals surface area contributed by atoms with E-state index in [1.807, 2.05) is 0 Å². The topological polar surface area (TPSA) is 101 Å². The van der Waals surface area contributed by atoms with E-state index in [1.165, 1.54) is 10.9 Å². The van der Waals surface area contributed by atoms with Crippen molar-refractivity contribution >= 4 is 27.0 Å². The standard InChI is InChI=1S/C11H11BrFN3O4/c12-6-2-16(9-5(6)1-14-4-15-9)10-7(18)8(19)11(13,3-17)20-10/h1-2,4,7-8,10,17-19H,3H2/t7-,8+,10-,11-/m1/s1. The van der Waals surface area contributed by atoms with E-state index < -0.39 is 30.9 Å². The Morgan fingerprint density at radius 1 is 1.50 bits per heavy atom. The number of ether oxygens (including phenoxy) is 1. The van der Waals surface area contributed by atoms with Gasteiger partial charge in [-0.3, -0.25) is 0 Å². The van der Waals surface area contributed by atoms with Gasteiger partial charge in [0.25, 0.3) is 5.85 Å². The minimum atomic E-state index is -2.71. The van der Waals surface area contributed by atoms with Crippen LogP contribution in [0, 0.1) is 0 Å². The second-order valence-electron chi connectivity index (χ2n) is 4.53. The maximum absolute atomic E-state index is 14.1. The average Bonchev–Trinajstić information content (AvgIpc) is 2.91. The summed E-state index contributed by atoms with van der Waals surface area (Å²) in [6.07, 6.45) is -0.193. The second-order valence-corrected chi connectivity index (χ2v) is 5.39. The molecule has 0 bridgehead atoms. The van der Waals surface area contributed by atoms with Gasteiger partial charge in [0.05, 0.1) is 5.39 Å². The lowest BCUT2D eigenvalue weighted by atomic mass is 10.1. The number of rotatable bonds is 2. The number of aromatic nitrogens is 3. The Morgan fingerprint density at radius 3 is 2.90 bits per heavy atom. The van der Waals surface area contributed by atoms with Gasteiger partial charge in [-0.1, -0.05) is 0 Å². The monoisotopic (exact) mass is 347 g/mol. The second kappa shape index (κ2) is 4.71. The zero-order chi connectivity index (χ0) is 14.5. The third-order valence-corrected chi connectivity index (χ3v) is 3.94. The molecule has 20 heavy (non-hydrogen) atoms. The first-order valence-electron chi connectivity index (χ1n) is 5.77. The highest BCUT2D eigenvalue weighted by Crippen LogP contribution is 2.40. The molecule has 3 heterocycles. The molecule has 2 aromatic heterocycles. The first-order valence-corrected chi connectivity index (χ1v) is 6.57. The van der Waals surface area contributed by atoms with Crippen LogP contribution >= 0.6 is 15.9 Å². The van der Waals surface area contributed by atoms with Gasteiger partial charge < -0.3 is 24.6 Å². The Kier molecular flexibility index (Phi) is 3.26. The van der Waals surface area contributed by atoms with Crippen molar-refractivity contribution < 1.29 is 24.4 Å². The van der Waals surface area contributed by atoms with Crippen molar-refractivity contribution in [2.24, 2.45) is 0 Å². The van der Waals surface area contributed by atoms with E-state index in [1.54, 1.807) is 12.4 Å². The van der Waals surface area contributed by atoms with E-state index in [-0.39, 0.29) is 0 Å². The lowest BCUT2D eigenvalue weighted by molar-refractivity contribution is -0.206. The van der Waals surface area contributed by atoms with Crippen LogP contribution in [0.2, 0.25) is 0 Å². The SMILES string of the molecule is OC[C@@]1(F)O[C@@H](n2cc(Br)c3cncnc32)[C@H](O)[C@@H]1O. The smallest absolute Gasteiger partial charge is 0.263 e. The zero-order valence-corrected chi connectivity index (χ0v) is 11.6. The Hall–Kier alpha value is -1.13. The number of aliphatic hydroxyl groups excluding tert-OH is 3. The van der Waals surface area contributed by atoms with Crippen molar-refractivity contribution in [1.29, 1.82) is 0 Å². The lowest BCUT2D eigenvalue weighted by Crippen LogP contribution is -2.42. The number of alkyl halides is 1. The molecule has 0 radical (unpaired) electrons. The largest absolute Gasteiger partial charge is 0.390 e. The number of halogens is 2. The van der Waals surface area contributed by atoms with Gasteiger partial charge in [0.2, 0.25) is 0 Å². The van der Waals surface area contributed by atoms with E-state index >= 15 is 0 Å². The van der Waals surface area contributed by atoms with Gasteiger partial charge in [-0.15, -0.1) is 0 Å². The van der Waals surface area contributed by atoms with Crippen molar-refractivity contribution in [1.82, 2.24) is 14.5 Å². The van der Waals surface area contributed by atoms with Crippen molar-refractivity contribution in [3.8, 4) is 0 Å². The summed E-state index contributed by atoms with van der Waals surface area (Å²) in [5.41, 5.74) is 0.408. The van der Waals surface area contributed by atoms with Crippen molar-refractivity contribution in [3.05, 3.63) is 23.2 Å². The van der Waals surface area contributed by atoms with Crippen LogP contribution in [0.4, 0.5) is 4.39 Å². The first-order chi connectivity index (χ1) is 9.48. The number of nitrogens with zero attached hydrogens (tertiary/aromatic N) is 3. The molecule has 1 fully saturated rings. The molecule has 2 aromatic rings. The van der Waals surface area contributed by atoms with Crippen LogP contribution < -0.4 is 0 Å². The van der Waals surface area contributed by atoms with E-state index in [0.717, 1.165) is 0 Å². The van der Waals surface area contributed by atoms with Gasteiger partial charge in [-0.05, 0) is 15.9 Å². The van der Waals surface area contributed by atoms with Gasteiger partial charge in [-0.2, -0.15) is 0 Å². The van der Waals surface area contributed by atoms with Gasteiger partial charge in [0.1, 0.15) is 30.8 Å². The van der Waals surface area contributed by atoms with E-state index in [2.05, 4.69) is 25.9 Å². The summed E-state index contributed by atoms with van der Waals surface area (Å²) in [4.78, 5) is 7.91. The molecule has 3 rings (SSSR count). The highest BCUT2D eigenvalue weighted by atomic mass is 79.9. The normalized spacial score (nSPS) is 34.0. The Bertz CT molecular complexity index is 654. The highest BCUT2D eigenvalue weighted by molar-refractivity contribution is 9.10. The molecule has 0 aliphatic carbocycles. The number of hydrogen-bond acceptors (Lipinski definition) is 6. The van der Waals surface area contributed by atoms with Crippen LogP contribution in [0.25, 0.3) is 11.0 Å². The van der Waals surface area contributed by atoms with Gasteiger partial charge in [0, 0.05) is 16.9 Å². The number of hydrogen-bond donors (Lipinski definition) is 3. The Balaban J connectivity index is 2.08. The van der Waals surface area contributed by atoms with Gasteiger partial charge >= 0.3 is 0 Å². The van der Waals surface area contributed by atoms with Gasteiger partial charge in [-0.25, -0.2) is 14.4 Å². The van der Waals surface area contributed by atoms with Crippen LogP contribution in [-0.4, -0.2) is 54.5 Å². The molecular formula is C11H11BrFN3O4. The maximum atomic E-state index is 14.1. The average molecular weight is 348 g/mol. The summed E-state index contributed by atoms with van der Waals surface area (Å²) in [7, 11) is 0. The fourth-order valence-corrected chi connectivity index (χ4v) is 2.75. The molecule has 108 valence electrons. The molecule has 0 spiro atoms. The minimum absolute atomic E-state index is 0.408. The van der Waals surface area contributed by atoms with Crippen LogP contribution in [0.5, 0.6) is 0 Å². The summed E-state index contributed by atoms with van der Waals surface area (Å²) in [6, 6.07) is 0. The predicted octanol–water partition coefficient (Wildman–Crippen LogP) is 0.103. The fourth-order valence-electron chi connectivity index (χ4n) is 2.25. The predicted molar refractivity (Wildman–Crippen MR) is 68.3 cm³/mol. The zero-order valence-electron chi connectivity index (χ0n) is 10.0. The molecule has 9 heteroatoms. The summed E-state index contributed by atoms with van der Waals surface area (Å²) in [5, 5.41) is 29.2. The third-order valence-electron chi connectivity index (χ3n) is 3.31. The number of fused-ring (bicyclic) bond motifs is 1. The highest BCUT2D eigenvalue weighted by Gasteiger charge is 2.55. The molecule has 1 aliphatic rings. The summed E-state index contributed by atoms with van der Waals surface area (Å²) in [5.74, 6) is -2.71. The summed E-state index contributed by atoms with van der Waals surface area (Å²) < 4.78 is 21.1. The van der Waals surface area contributed by atoms with E-state index in [0.29, 0.717) is 15.5 Å². The molecule has 0 aromatic carbocycles. The fraction of sp³-hybridized carbons (Fsp3) is 0.455. The van der Waals surface area contributed by atoms with Crippen LogP contribution in [-0.2, 0) is 4.74 Å². The molecular weight excluding hydrogens is 337 g/mol. The van der Waals surface area contributed by atoms with Crippen molar-refractivity contribution in [2.75, 3.05) is 6.61 Å². The third kappa shape index (κ3) is 1.85. The van der Waals surface area contributed by atoms with Crippen molar-refractivity contribution in [3.63, 3.8) is 0 Å². The summed E-state index contributed by atoms with van der Waals surface area (Å²) >= 11 is 3.30. The molecule has 0 unspecified atom stereocenters. The Labute approximate surface area is 120 Å². The summed E-state index contributed by atoms with van der Waals surface area (Å²) in [6.45, 7) is -1.06. The minimum Gasteiger partial charge on any atom is -0.390 e. The molecule has 0 saturated carbocycles. The quantitative estimate of drug-likeness (QED) is 0.712.